The van der Waals surface area contributed by atoms with Gasteiger partial charge in [0.2, 0.25) is 0 Å². The largest absolute Gasteiger partial charge is 0.494 e. The number of carboxylic acids is 2. The van der Waals surface area contributed by atoms with Gasteiger partial charge in [-0.05, 0) is 79.3 Å². The molecule has 2 aromatic heterocycles. The van der Waals surface area contributed by atoms with Gasteiger partial charge in [0.25, 0.3) is 0 Å². The molecule has 2 heterocycles. The second-order valence-corrected chi connectivity index (χ2v) is 11.0. The standard InChI is InChI=1S/C33H32N2O6S/c36-31(37)13-7-9-24-21-35(22-32(38)39)33-23(8-6-12-27(24)33)14-17-30-34-28-16-15-26(20-29(28)42-30)41-19-5-4-18-40-25-10-2-1-3-11-25/h1-3,6,8,10-12,14-17,20-21H,4-5,7,9,13,18-19,22H2,(H,36,37)(H,38,39). The highest BCUT2D eigenvalue weighted by atomic mass is 32.1. The Balaban J connectivity index is 1.24. The maximum absolute atomic E-state index is 11.6. The Bertz CT molecular complexity index is 1710. The number of aryl methyl sites for hydroxylation is 1. The molecule has 9 heteroatoms. The van der Waals surface area contributed by atoms with E-state index in [1.165, 1.54) is 0 Å². The SMILES string of the molecule is O=C(O)CCCc1cn(CC(=O)O)c2c(C=Cc3nc4ccc(OCCCCOc5ccccc5)cc4s3)cccc12. The Labute approximate surface area is 247 Å². The van der Waals surface area contributed by atoms with E-state index in [4.69, 9.17) is 19.6 Å². The normalized spacial score (nSPS) is 11.4. The molecule has 5 aromatic rings. The maximum Gasteiger partial charge on any atom is 0.323 e. The van der Waals surface area contributed by atoms with Crippen LogP contribution in [0.3, 0.4) is 0 Å². The fourth-order valence-corrected chi connectivity index (χ4v) is 5.74. The van der Waals surface area contributed by atoms with Crippen molar-refractivity contribution in [2.75, 3.05) is 13.2 Å². The topological polar surface area (TPSA) is 111 Å². The molecule has 42 heavy (non-hydrogen) atoms. The molecule has 0 fully saturated rings. The first kappa shape index (κ1) is 28.9. The van der Waals surface area contributed by atoms with Crippen molar-refractivity contribution in [1.82, 2.24) is 9.55 Å². The van der Waals surface area contributed by atoms with Gasteiger partial charge in [0.1, 0.15) is 23.1 Å². The van der Waals surface area contributed by atoms with Gasteiger partial charge in [0.05, 0.1) is 28.9 Å². The number of thiazole rings is 1. The van der Waals surface area contributed by atoms with E-state index >= 15 is 0 Å². The number of rotatable bonds is 15. The van der Waals surface area contributed by atoms with Crippen LogP contribution in [0, 0.1) is 0 Å². The second-order valence-electron chi connectivity index (χ2n) is 9.90. The summed E-state index contributed by atoms with van der Waals surface area (Å²) >= 11 is 1.56. The molecule has 0 unspecified atom stereocenters. The quantitative estimate of drug-likeness (QED) is 0.126. The smallest absolute Gasteiger partial charge is 0.323 e. The van der Waals surface area contributed by atoms with Crippen molar-refractivity contribution in [2.45, 2.75) is 38.6 Å². The number of hydrogen-bond acceptors (Lipinski definition) is 6. The average Bonchev–Trinajstić information content (AvgIpc) is 3.54. The fraction of sp³-hybridized carbons (Fsp3) is 0.242. The van der Waals surface area contributed by atoms with Gasteiger partial charge in [-0.25, -0.2) is 4.98 Å². The van der Waals surface area contributed by atoms with E-state index in [1.807, 2.05) is 85.1 Å². The van der Waals surface area contributed by atoms with E-state index in [1.54, 1.807) is 15.9 Å². The molecule has 3 aromatic carbocycles. The Morgan fingerprint density at radius 2 is 1.64 bits per heavy atom. The van der Waals surface area contributed by atoms with Crippen LogP contribution in [0.15, 0.2) is 72.9 Å². The highest BCUT2D eigenvalue weighted by molar-refractivity contribution is 7.19. The third kappa shape index (κ3) is 7.55. The molecule has 0 saturated carbocycles. The third-order valence-corrected chi connectivity index (χ3v) is 7.74. The van der Waals surface area contributed by atoms with Crippen molar-refractivity contribution in [3.05, 3.63) is 89.1 Å². The first-order valence-corrected chi connectivity index (χ1v) is 14.7. The van der Waals surface area contributed by atoms with Gasteiger partial charge in [-0.3, -0.25) is 9.59 Å². The monoisotopic (exact) mass is 584 g/mol. The summed E-state index contributed by atoms with van der Waals surface area (Å²) in [4.78, 5) is 27.3. The Hall–Kier alpha value is -4.63. The van der Waals surface area contributed by atoms with Crippen LogP contribution in [0.25, 0.3) is 33.3 Å². The van der Waals surface area contributed by atoms with Gasteiger partial charge in [0, 0.05) is 18.0 Å². The van der Waals surface area contributed by atoms with Crippen molar-refractivity contribution in [1.29, 1.82) is 0 Å². The van der Waals surface area contributed by atoms with Crippen LogP contribution in [-0.4, -0.2) is 44.9 Å². The van der Waals surface area contributed by atoms with Crippen LogP contribution in [0.1, 0.15) is 41.8 Å². The minimum Gasteiger partial charge on any atom is -0.494 e. The van der Waals surface area contributed by atoms with Gasteiger partial charge < -0.3 is 24.3 Å². The number of unbranched alkanes of at least 4 members (excludes halogenated alkanes) is 1. The first-order chi connectivity index (χ1) is 20.5. The molecule has 0 aliphatic rings. The number of carbonyl (C=O) groups is 2. The zero-order chi connectivity index (χ0) is 29.3. The highest BCUT2D eigenvalue weighted by Crippen LogP contribution is 2.30. The van der Waals surface area contributed by atoms with Crippen LogP contribution in [0.2, 0.25) is 0 Å². The number of para-hydroxylation sites is 2. The predicted octanol–water partition coefficient (Wildman–Crippen LogP) is 7.15. The van der Waals surface area contributed by atoms with E-state index < -0.39 is 11.9 Å². The van der Waals surface area contributed by atoms with Crippen molar-refractivity contribution in [2.24, 2.45) is 0 Å². The number of nitrogens with zero attached hydrogens (tertiary/aromatic N) is 2. The third-order valence-electron chi connectivity index (χ3n) is 6.76. The molecule has 0 amide bonds. The zero-order valence-corrected chi connectivity index (χ0v) is 23.9. The van der Waals surface area contributed by atoms with E-state index in [-0.39, 0.29) is 13.0 Å². The molecule has 2 N–H and O–H groups in total. The van der Waals surface area contributed by atoms with E-state index in [0.29, 0.717) is 26.1 Å². The minimum atomic E-state index is -0.938. The van der Waals surface area contributed by atoms with Gasteiger partial charge >= 0.3 is 11.9 Å². The molecular weight excluding hydrogens is 552 g/mol. The maximum atomic E-state index is 11.6. The van der Waals surface area contributed by atoms with Gasteiger partial charge in [-0.2, -0.15) is 0 Å². The lowest BCUT2D eigenvalue weighted by Gasteiger charge is -2.07. The molecule has 0 atom stereocenters. The Kier molecular flexibility index (Phi) is 9.51. The summed E-state index contributed by atoms with van der Waals surface area (Å²) in [5.74, 6) is -0.0977. The molecule has 0 aliphatic heterocycles. The molecule has 0 bridgehead atoms. The molecule has 0 aliphatic carbocycles. The summed E-state index contributed by atoms with van der Waals surface area (Å²) in [6.45, 7) is 1.08. The van der Waals surface area contributed by atoms with Crippen molar-refractivity contribution >= 4 is 56.5 Å². The molecular formula is C33H32N2O6S. The number of aromatic nitrogens is 2. The molecule has 8 nitrogen and oxygen atoms in total. The van der Waals surface area contributed by atoms with Crippen LogP contribution in [0.5, 0.6) is 11.5 Å². The van der Waals surface area contributed by atoms with Gasteiger partial charge in [-0.15, -0.1) is 11.3 Å². The van der Waals surface area contributed by atoms with Gasteiger partial charge in [0.15, 0.2) is 0 Å². The summed E-state index contributed by atoms with van der Waals surface area (Å²) in [5, 5.41) is 20.3. The van der Waals surface area contributed by atoms with E-state index in [9.17, 15) is 14.7 Å². The summed E-state index contributed by atoms with van der Waals surface area (Å²) in [6, 6.07) is 21.5. The number of aliphatic carboxylic acids is 2. The molecule has 0 radical (unpaired) electrons. The fourth-order valence-electron chi connectivity index (χ4n) is 4.84. The zero-order valence-electron chi connectivity index (χ0n) is 23.1. The molecule has 5 rings (SSSR count). The Morgan fingerprint density at radius 3 is 2.40 bits per heavy atom. The lowest BCUT2D eigenvalue weighted by Crippen LogP contribution is -2.07. The van der Waals surface area contributed by atoms with Crippen LogP contribution in [0.4, 0.5) is 0 Å². The summed E-state index contributed by atoms with van der Waals surface area (Å²) < 4.78 is 14.4. The molecule has 0 spiro atoms. The minimum absolute atomic E-state index is 0.0687. The second kappa shape index (κ2) is 13.8. The van der Waals surface area contributed by atoms with Gasteiger partial charge in [-0.1, -0.05) is 36.4 Å². The number of benzene rings is 3. The molecule has 216 valence electrons. The summed E-state index contributed by atoms with van der Waals surface area (Å²) in [7, 11) is 0. The Morgan fingerprint density at radius 1 is 0.857 bits per heavy atom. The first-order valence-electron chi connectivity index (χ1n) is 13.9. The van der Waals surface area contributed by atoms with Crippen molar-refractivity contribution in [3.63, 3.8) is 0 Å². The lowest BCUT2D eigenvalue weighted by atomic mass is 10.0. The number of fused-ring (bicyclic) bond motifs is 2. The van der Waals surface area contributed by atoms with Crippen molar-refractivity contribution in [3.8, 4) is 11.5 Å². The number of carboxylic acid groups (broad SMARTS) is 2. The lowest BCUT2D eigenvalue weighted by molar-refractivity contribution is -0.138. The van der Waals surface area contributed by atoms with Crippen molar-refractivity contribution < 1.29 is 29.3 Å². The average molecular weight is 585 g/mol. The van der Waals surface area contributed by atoms with E-state index in [2.05, 4.69) is 0 Å². The van der Waals surface area contributed by atoms with Crippen LogP contribution < -0.4 is 9.47 Å². The highest BCUT2D eigenvalue weighted by Gasteiger charge is 2.14. The van der Waals surface area contributed by atoms with Crippen LogP contribution in [-0.2, 0) is 22.6 Å². The molecule has 0 saturated heterocycles. The predicted molar refractivity (Wildman–Crippen MR) is 165 cm³/mol. The summed E-state index contributed by atoms with van der Waals surface area (Å²) in [6.07, 6.45) is 8.63. The van der Waals surface area contributed by atoms with Crippen LogP contribution >= 0.6 is 11.3 Å². The number of ether oxygens (including phenoxy) is 2. The summed E-state index contributed by atoms with van der Waals surface area (Å²) in [5.41, 5.74) is 3.51. The van der Waals surface area contributed by atoms with E-state index in [0.717, 1.165) is 61.6 Å². The number of hydrogen-bond donors (Lipinski definition) is 2.